The van der Waals surface area contributed by atoms with Crippen molar-refractivity contribution in [2.75, 3.05) is 26.9 Å². The molecule has 0 N–H and O–H groups in total. The Labute approximate surface area is 158 Å². The molecule has 1 amide bonds. The van der Waals surface area contributed by atoms with Crippen molar-refractivity contribution in [3.05, 3.63) is 53.6 Å². The summed E-state index contributed by atoms with van der Waals surface area (Å²) in [4.78, 5) is 25.5. The maximum atomic E-state index is 12.3. The van der Waals surface area contributed by atoms with E-state index in [0.717, 1.165) is 11.3 Å². The normalized spacial score (nSPS) is 12.4. The Morgan fingerprint density at radius 1 is 1.04 bits per heavy atom. The van der Waals surface area contributed by atoms with Gasteiger partial charge in [-0.1, -0.05) is 13.0 Å². The summed E-state index contributed by atoms with van der Waals surface area (Å²) in [5.74, 6) is 1.93. The molecule has 27 heavy (non-hydrogen) atoms. The lowest BCUT2D eigenvalue weighted by Crippen LogP contribution is -2.31. The van der Waals surface area contributed by atoms with Gasteiger partial charge in [0.2, 0.25) is 0 Å². The number of hydrogen-bond donors (Lipinski definition) is 0. The lowest BCUT2D eigenvalue weighted by atomic mass is 10.1. The van der Waals surface area contributed by atoms with Crippen molar-refractivity contribution in [1.29, 1.82) is 0 Å². The molecule has 1 aliphatic rings. The highest BCUT2D eigenvalue weighted by Gasteiger charge is 2.15. The van der Waals surface area contributed by atoms with Crippen molar-refractivity contribution in [2.45, 2.75) is 19.9 Å². The number of carbonyl (C=O) groups is 2. The zero-order valence-corrected chi connectivity index (χ0v) is 15.6. The Morgan fingerprint density at radius 3 is 2.44 bits per heavy atom. The summed E-state index contributed by atoms with van der Waals surface area (Å²) in [6.45, 7) is 3.28. The van der Waals surface area contributed by atoms with Crippen LogP contribution >= 0.6 is 0 Å². The van der Waals surface area contributed by atoms with Gasteiger partial charge in [0.25, 0.3) is 5.91 Å². The van der Waals surface area contributed by atoms with Crippen molar-refractivity contribution < 1.29 is 23.8 Å². The average molecular weight is 369 g/mol. The number of ketones is 1. The molecular formula is C21H23NO5. The fourth-order valence-corrected chi connectivity index (χ4v) is 2.74. The Hall–Kier alpha value is -3.02. The number of benzene rings is 2. The van der Waals surface area contributed by atoms with Crippen molar-refractivity contribution in [3.8, 4) is 17.2 Å². The first-order chi connectivity index (χ1) is 13.1. The largest absolute Gasteiger partial charge is 0.486 e. The van der Waals surface area contributed by atoms with E-state index in [0.29, 0.717) is 43.2 Å². The minimum Gasteiger partial charge on any atom is -0.486 e. The maximum absolute atomic E-state index is 12.3. The van der Waals surface area contributed by atoms with Crippen molar-refractivity contribution in [1.82, 2.24) is 4.90 Å². The van der Waals surface area contributed by atoms with Crippen LogP contribution < -0.4 is 14.2 Å². The average Bonchev–Trinajstić information content (AvgIpc) is 2.71. The molecule has 0 atom stereocenters. The van der Waals surface area contributed by atoms with E-state index < -0.39 is 0 Å². The van der Waals surface area contributed by atoms with E-state index in [4.69, 9.17) is 14.2 Å². The van der Waals surface area contributed by atoms with E-state index in [2.05, 4.69) is 0 Å². The first-order valence-corrected chi connectivity index (χ1v) is 8.95. The molecule has 1 aliphatic heterocycles. The van der Waals surface area contributed by atoms with E-state index in [9.17, 15) is 9.59 Å². The molecule has 0 unspecified atom stereocenters. The molecule has 0 saturated carbocycles. The lowest BCUT2D eigenvalue weighted by molar-refractivity contribution is -0.132. The number of fused-ring (bicyclic) bond motifs is 1. The monoisotopic (exact) mass is 369 g/mol. The summed E-state index contributed by atoms with van der Waals surface area (Å²) in [6, 6.07) is 12.5. The molecule has 0 bridgehead atoms. The summed E-state index contributed by atoms with van der Waals surface area (Å²) in [5.41, 5.74) is 1.60. The van der Waals surface area contributed by atoms with Gasteiger partial charge in [-0.15, -0.1) is 0 Å². The summed E-state index contributed by atoms with van der Waals surface area (Å²) < 4.78 is 16.6. The number of nitrogens with zero attached hydrogens (tertiary/aromatic N) is 1. The molecule has 0 fully saturated rings. The van der Waals surface area contributed by atoms with Crippen LogP contribution in [0.25, 0.3) is 0 Å². The third-order valence-electron chi connectivity index (χ3n) is 4.31. The Kier molecular flexibility index (Phi) is 5.96. The van der Waals surface area contributed by atoms with Crippen LogP contribution in [0.4, 0.5) is 0 Å². The summed E-state index contributed by atoms with van der Waals surface area (Å²) >= 11 is 0. The molecule has 0 aliphatic carbocycles. The minimum atomic E-state index is -0.140. The molecule has 0 radical (unpaired) electrons. The third-order valence-corrected chi connectivity index (χ3v) is 4.31. The molecule has 6 nitrogen and oxygen atoms in total. The molecule has 3 rings (SSSR count). The van der Waals surface area contributed by atoms with Crippen LogP contribution in [0.2, 0.25) is 0 Å². The zero-order valence-electron chi connectivity index (χ0n) is 15.6. The highest BCUT2D eigenvalue weighted by molar-refractivity contribution is 5.95. The van der Waals surface area contributed by atoms with Gasteiger partial charge in [-0.05, 0) is 42.0 Å². The van der Waals surface area contributed by atoms with Crippen LogP contribution in [0.1, 0.15) is 29.3 Å². The first kappa shape index (κ1) is 18.8. The van der Waals surface area contributed by atoms with Crippen molar-refractivity contribution in [2.24, 2.45) is 0 Å². The summed E-state index contributed by atoms with van der Waals surface area (Å²) in [6.07, 6.45) is 0.462. The predicted octanol–water partition coefficient (Wildman–Crippen LogP) is 3.09. The van der Waals surface area contributed by atoms with Gasteiger partial charge in [0.15, 0.2) is 23.9 Å². The van der Waals surface area contributed by atoms with Gasteiger partial charge >= 0.3 is 0 Å². The highest BCUT2D eigenvalue weighted by atomic mass is 16.6. The maximum Gasteiger partial charge on any atom is 0.260 e. The molecular weight excluding hydrogens is 346 g/mol. The van der Waals surface area contributed by atoms with Crippen LogP contribution in [-0.4, -0.2) is 43.5 Å². The Bertz CT molecular complexity index is 816. The zero-order chi connectivity index (χ0) is 19.2. The Morgan fingerprint density at radius 2 is 1.74 bits per heavy atom. The van der Waals surface area contributed by atoms with Crippen molar-refractivity contribution in [3.63, 3.8) is 0 Å². The fraction of sp³-hybridized carbons (Fsp3) is 0.333. The second-order valence-electron chi connectivity index (χ2n) is 6.32. The van der Waals surface area contributed by atoms with E-state index in [1.54, 1.807) is 36.2 Å². The second kappa shape index (κ2) is 8.58. The van der Waals surface area contributed by atoms with Crippen LogP contribution in [0.3, 0.4) is 0 Å². The van der Waals surface area contributed by atoms with Gasteiger partial charge in [0, 0.05) is 25.6 Å². The van der Waals surface area contributed by atoms with Crippen molar-refractivity contribution >= 4 is 11.7 Å². The van der Waals surface area contributed by atoms with E-state index in [-0.39, 0.29) is 18.3 Å². The molecule has 0 aromatic heterocycles. The lowest BCUT2D eigenvalue weighted by Gasteiger charge is -2.21. The van der Waals surface area contributed by atoms with Gasteiger partial charge in [0.1, 0.15) is 19.0 Å². The Balaban J connectivity index is 1.52. The third kappa shape index (κ3) is 4.78. The van der Waals surface area contributed by atoms with Crippen LogP contribution in [0, 0.1) is 0 Å². The van der Waals surface area contributed by atoms with Gasteiger partial charge in [-0.3, -0.25) is 9.59 Å². The quantitative estimate of drug-likeness (QED) is 0.702. The van der Waals surface area contributed by atoms with Gasteiger partial charge in [0.05, 0.1) is 0 Å². The summed E-state index contributed by atoms with van der Waals surface area (Å²) in [7, 11) is 1.73. The highest BCUT2D eigenvalue weighted by Crippen LogP contribution is 2.31. The molecule has 142 valence electrons. The smallest absolute Gasteiger partial charge is 0.260 e. The van der Waals surface area contributed by atoms with Gasteiger partial charge in [-0.25, -0.2) is 0 Å². The summed E-state index contributed by atoms with van der Waals surface area (Å²) in [5, 5.41) is 0. The van der Waals surface area contributed by atoms with Crippen LogP contribution in [0.15, 0.2) is 42.5 Å². The molecule has 2 aromatic carbocycles. The molecule has 0 spiro atoms. The number of carbonyl (C=O) groups excluding carboxylic acids is 2. The van der Waals surface area contributed by atoms with Gasteiger partial charge < -0.3 is 19.1 Å². The second-order valence-corrected chi connectivity index (χ2v) is 6.32. The number of ether oxygens (including phenoxy) is 3. The molecule has 0 saturated heterocycles. The number of amides is 1. The van der Waals surface area contributed by atoms with E-state index >= 15 is 0 Å². The van der Waals surface area contributed by atoms with Gasteiger partial charge in [-0.2, -0.15) is 0 Å². The topological polar surface area (TPSA) is 65.1 Å². The molecule has 1 heterocycles. The van der Waals surface area contributed by atoms with Crippen LogP contribution in [0.5, 0.6) is 17.2 Å². The molecule has 6 heteroatoms. The number of rotatable bonds is 7. The molecule has 2 aromatic rings. The minimum absolute atomic E-state index is 0.0673. The SMILES string of the molecule is CCC(=O)c1ccc(OCC(=O)N(C)Cc2ccc3c(c2)OCCO3)cc1. The standard InChI is InChI=1S/C21H23NO5/c1-3-18(23)16-5-7-17(8-6-16)27-14-21(24)22(2)13-15-4-9-19-20(12-15)26-11-10-25-19/h4-9,12H,3,10-11,13-14H2,1-2H3. The number of likely N-dealkylation sites (N-methyl/N-ethyl adjacent to an activating group) is 1. The first-order valence-electron chi connectivity index (χ1n) is 8.95. The van der Waals surface area contributed by atoms with Crippen LogP contribution in [-0.2, 0) is 11.3 Å². The van der Waals surface area contributed by atoms with E-state index in [1.165, 1.54) is 0 Å². The fourth-order valence-electron chi connectivity index (χ4n) is 2.74. The van der Waals surface area contributed by atoms with E-state index in [1.807, 2.05) is 25.1 Å². The predicted molar refractivity (Wildman–Crippen MR) is 100 cm³/mol. The number of Topliss-reactive ketones (excluding diaryl/α,β-unsaturated/α-hetero) is 1. The number of hydrogen-bond acceptors (Lipinski definition) is 5.